The summed E-state index contributed by atoms with van der Waals surface area (Å²) in [6, 6.07) is 10.5. The number of hydrogen-bond donors (Lipinski definition) is 2. The van der Waals surface area contributed by atoms with Crippen LogP contribution in [0.3, 0.4) is 0 Å². The van der Waals surface area contributed by atoms with E-state index < -0.39 is 11.9 Å². The molecule has 0 bridgehead atoms. The number of carboxylic acids is 1. The predicted molar refractivity (Wildman–Crippen MR) is 136 cm³/mol. The molecule has 0 aliphatic heterocycles. The summed E-state index contributed by atoms with van der Waals surface area (Å²) in [7, 11) is 4.22. The summed E-state index contributed by atoms with van der Waals surface area (Å²) >= 11 is 0. The van der Waals surface area contributed by atoms with Crippen LogP contribution in [-0.4, -0.2) is 65.2 Å². The van der Waals surface area contributed by atoms with Crippen LogP contribution in [0.5, 0.6) is 0 Å². The number of fused-ring (bicyclic) bond motifs is 1. The number of nitrogens with zero attached hydrogens (tertiary/aromatic N) is 3. The Morgan fingerprint density at radius 1 is 1.09 bits per heavy atom. The molecule has 2 heterocycles. The molecule has 1 saturated carbocycles. The first kappa shape index (κ1) is 24.6. The minimum Gasteiger partial charge on any atom is -0.478 e. The lowest BCUT2D eigenvalue weighted by Gasteiger charge is -2.31. The minimum absolute atomic E-state index is 0.216. The molecule has 1 aromatic carbocycles. The van der Waals surface area contributed by atoms with E-state index in [9.17, 15) is 14.7 Å². The number of esters is 1. The van der Waals surface area contributed by atoms with Gasteiger partial charge in [-0.25, -0.2) is 14.6 Å². The highest BCUT2D eigenvalue weighted by atomic mass is 16.5. The summed E-state index contributed by atoms with van der Waals surface area (Å²) in [6.07, 6.45) is 5.84. The van der Waals surface area contributed by atoms with Gasteiger partial charge in [0.1, 0.15) is 11.1 Å². The number of nitrogens with one attached hydrogen (secondary N) is 1. The summed E-state index contributed by atoms with van der Waals surface area (Å²) in [5.74, 6) is -0.720. The maximum absolute atomic E-state index is 12.8. The zero-order valence-corrected chi connectivity index (χ0v) is 20.5. The van der Waals surface area contributed by atoms with E-state index in [-0.39, 0.29) is 18.2 Å². The topological polar surface area (TPSA) is 105 Å². The number of benzene rings is 1. The molecule has 0 saturated heterocycles. The van der Waals surface area contributed by atoms with Crippen LogP contribution in [0.25, 0.3) is 22.3 Å². The first-order valence-electron chi connectivity index (χ1n) is 12.1. The zero-order valence-electron chi connectivity index (χ0n) is 20.5. The maximum atomic E-state index is 12.8. The summed E-state index contributed by atoms with van der Waals surface area (Å²) in [5.41, 5.74) is 3.98. The normalized spacial score (nSPS) is 17.9. The van der Waals surface area contributed by atoms with Crippen molar-refractivity contribution in [3.63, 3.8) is 0 Å². The van der Waals surface area contributed by atoms with Gasteiger partial charge in [0.25, 0.3) is 0 Å². The molecule has 35 heavy (non-hydrogen) atoms. The van der Waals surface area contributed by atoms with Crippen LogP contribution < -0.4 is 5.32 Å². The number of ether oxygens (including phenoxy) is 1. The maximum Gasteiger partial charge on any atom is 0.341 e. The number of carbonyl (C=O) groups excluding carboxylic acids is 1. The van der Waals surface area contributed by atoms with Gasteiger partial charge in [-0.3, -0.25) is 4.98 Å². The Morgan fingerprint density at radius 2 is 1.80 bits per heavy atom. The number of aromatic nitrogens is 2. The van der Waals surface area contributed by atoms with E-state index in [1.165, 1.54) is 0 Å². The molecule has 1 aliphatic carbocycles. The number of pyridine rings is 2. The van der Waals surface area contributed by atoms with Gasteiger partial charge in [0.05, 0.1) is 29.1 Å². The molecule has 3 aromatic rings. The van der Waals surface area contributed by atoms with Gasteiger partial charge in [-0.2, -0.15) is 0 Å². The Kier molecular flexibility index (Phi) is 7.60. The Balaban J connectivity index is 1.69. The number of aromatic carboxylic acids is 1. The van der Waals surface area contributed by atoms with E-state index >= 15 is 0 Å². The number of carboxylic acid groups (broad SMARTS) is 1. The quantitative estimate of drug-likeness (QED) is 0.451. The van der Waals surface area contributed by atoms with Crippen molar-refractivity contribution in [3.05, 3.63) is 53.7 Å². The molecule has 1 fully saturated rings. The summed E-state index contributed by atoms with van der Waals surface area (Å²) in [4.78, 5) is 35.6. The lowest BCUT2D eigenvalue weighted by atomic mass is 9.85. The fourth-order valence-electron chi connectivity index (χ4n) is 4.73. The molecule has 2 aromatic heterocycles. The third-order valence-electron chi connectivity index (χ3n) is 6.45. The zero-order chi connectivity index (χ0) is 24.9. The second-order valence-electron chi connectivity index (χ2n) is 9.34. The van der Waals surface area contributed by atoms with E-state index in [1.54, 1.807) is 37.4 Å². The summed E-state index contributed by atoms with van der Waals surface area (Å²) in [5, 5.41) is 12.8. The first-order valence-corrected chi connectivity index (χ1v) is 12.1. The van der Waals surface area contributed by atoms with Gasteiger partial charge in [-0.1, -0.05) is 12.1 Å². The van der Waals surface area contributed by atoms with Gasteiger partial charge in [0, 0.05) is 24.3 Å². The van der Waals surface area contributed by atoms with Crippen LogP contribution in [-0.2, 0) is 4.74 Å². The molecule has 8 heteroatoms. The first-order chi connectivity index (χ1) is 16.9. The Hall–Kier alpha value is -3.52. The van der Waals surface area contributed by atoms with E-state index in [1.807, 2.05) is 12.1 Å². The molecule has 8 nitrogen and oxygen atoms in total. The SMILES string of the molecule is CCOC(=O)c1cnc2ccc(-c3ccc(C(=O)O)cc3)nc2c1NC1CCC(CN(C)C)CC1. The molecule has 4 rings (SSSR count). The largest absolute Gasteiger partial charge is 0.478 e. The van der Waals surface area contributed by atoms with Crippen molar-refractivity contribution in [3.8, 4) is 11.3 Å². The van der Waals surface area contributed by atoms with Crippen molar-refractivity contribution >= 4 is 28.7 Å². The average molecular weight is 477 g/mol. The van der Waals surface area contributed by atoms with Crippen LogP contribution in [0.15, 0.2) is 42.6 Å². The Bertz CT molecular complexity index is 1200. The number of carbonyl (C=O) groups is 2. The predicted octanol–water partition coefficient (Wildman–Crippen LogP) is 4.70. The minimum atomic E-state index is -0.974. The monoisotopic (exact) mass is 476 g/mol. The smallest absolute Gasteiger partial charge is 0.341 e. The van der Waals surface area contributed by atoms with Crippen molar-refractivity contribution < 1.29 is 19.4 Å². The van der Waals surface area contributed by atoms with Gasteiger partial charge in [-0.15, -0.1) is 0 Å². The number of rotatable bonds is 8. The van der Waals surface area contributed by atoms with E-state index in [0.717, 1.165) is 37.8 Å². The van der Waals surface area contributed by atoms with Gasteiger partial charge >= 0.3 is 11.9 Å². The second-order valence-corrected chi connectivity index (χ2v) is 9.34. The van der Waals surface area contributed by atoms with Crippen molar-refractivity contribution in [1.29, 1.82) is 0 Å². The number of hydrogen-bond acceptors (Lipinski definition) is 7. The third-order valence-corrected chi connectivity index (χ3v) is 6.45. The van der Waals surface area contributed by atoms with Gasteiger partial charge < -0.3 is 20.1 Å². The molecular weight excluding hydrogens is 444 g/mol. The Morgan fingerprint density at radius 3 is 2.43 bits per heavy atom. The van der Waals surface area contributed by atoms with Gasteiger partial charge in [-0.05, 0) is 76.9 Å². The van der Waals surface area contributed by atoms with Crippen LogP contribution >= 0.6 is 0 Å². The van der Waals surface area contributed by atoms with Gasteiger partial charge in [0.2, 0.25) is 0 Å². The number of anilines is 1. The van der Waals surface area contributed by atoms with E-state index in [2.05, 4.69) is 29.3 Å². The molecule has 0 unspecified atom stereocenters. The molecule has 0 atom stereocenters. The fraction of sp³-hybridized carbons (Fsp3) is 0.407. The third kappa shape index (κ3) is 5.77. The van der Waals surface area contributed by atoms with Crippen molar-refractivity contribution in [2.24, 2.45) is 5.92 Å². The van der Waals surface area contributed by atoms with Crippen molar-refractivity contribution in [2.75, 3.05) is 32.6 Å². The molecular formula is C27H32N4O4. The van der Waals surface area contributed by atoms with Crippen molar-refractivity contribution in [2.45, 2.75) is 38.6 Å². The highest BCUT2D eigenvalue weighted by Crippen LogP contribution is 2.32. The van der Waals surface area contributed by atoms with Crippen LogP contribution in [0.4, 0.5) is 5.69 Å². The highest BCUT2D eigenvalue weighted by molar-refractivity contribution is 6.04. The molecule has 1 aliphatic rings. The molecule has 184 valence electrons. The Labute approximate surface area is 205 Å². The van der Waals surface area contributed by atoms with E-state index in [4.69, 9.17) is 9.72 Å². The molecule has 0 amide bonds. The lowest BCUT2D eigenvalue weighted by molar-refractivity contribution is 0.0526. The van der Waals surface area contributed by atoms with Gasteiger partial charge in [0.15, 0.2) is 0 Å². The standard InChI is InChI=1S/C27H32N4O4/c1-4-35-27(34)21-15-28-23-14-13-22(18-7-9-19(10-8-18)26(32)33)30-25(23)24(21)29-20-11-5-17(6-12-20)16-31(2)3/h7-10,13-15,17,20H,4-6,11-12,16H2,1-3H3,(H,28,29)(H,32,33). The van der Waals surface area contributed by atoms with Crippen LogP contribution in [0.2, 0.25) is 0 Å². The lowest BCUT2D eigenvalue weighted by Crippen LogP contribution is -2.31. The fourth-order valence-corrected chi connectivity index (χ4v) is 4.73. The van der Waals surface area contributed by atoms with Crippen LogP contribution in [0.1, 0.15) is 53.3 Å². The average Bonchev–Trinajstić information content (AvgIpc) is 2.85. The second kappa shape index (κ2) is 10.8. The summed E-state index contributed by atoms with van der Waals surface area (Å²) in [6.45, 7) is 3.14. The molecule has 2 N–H and O–H groups in total. The van der Waals surface area contributed by atoms with Crippen molar-refractivity contribution in [1.82, 2.24) is 14.9 Å². The summed E-state index contributed by atoms with van der Waals surface area (Å²) < 4.78 is 5.31. The van der Waals surface area contributed by atoms with E-state index in [0.29, 0.717) is 33.9 Å². The molecule has 0 radical (unpaired) electrons. The molecule has 0 spiro atoms. The van der Waals surface area contributed by atoms with Crippen LogP contribution in [0, 0.1) is 5.92 Å². The highest BCUT2D eigenvalue weighted by Gasteiger charge is 2.25.